The number of halogens is 1. The number of benzene rings is 1. The predicted octanol–water partition coefficient (Wildman–Crippen LogP) is 2.96. The molecule has 15 heavy (non-hydrogen) atoms. The Morgan fingerprint density at radius 1 is 1.47 bits per heavy atom. The van der Waals surface area contributed by atoms with Gasteiger partial charge in [-0.05, 0) is 30.9 Å². The van der Waals surface area contributed by atoms with Gasteiger partial charge in [-0.3, -0.25) is 0 Å². The summed E-state index contributed by atoms with van der Waals surface area (Å²) in [6.45, 7) is 2.11. The second kappa shape index (κ2) is 5.85. The van der Waals surface area contributed by atoms with E-state index in [1.165, 1.54) is 12.1 Å². The molecule has 0 radical (unpaired) electrons. The molecule has 0 fully saturated rings. The molecule has 0 heterocycles. The molecule has 4 heteroatoms. The van der Waals surface area contributed by atoms with Crippen LogP contribution < -0.4 is 11.1 Å². The molecule has 0 amide bonds. The van der Waals surface area contributed by atoms with Crippen LogP contribution in [-0.2, 0) is 0 Å². The van der Waals surface area contributed by atoms with Crippen molar-refractivity contribution < 1.29 is 4.39 Å². The first-order chi connectivity index (χ1) is 7.15. The average molecular weight is 228 g/mol. The molecule has 1 unspecified atom stereocenters. The van der Waals surface area contributed by atoms with Gasteiger partial charge in [0, 0.05) is 23.2 Å². The number of rotatable bonds is 5. The Labute approximate surface area is 94.4 Å². The molecule has 84 valence electrons. The van der Waals surface area contributed by atoms with E-state index in [-0.39, 0.29) is 5.82 Å². The average Bonchev–Trinajstić information content (AvgIpc) is 2.15. The highest BCUT2D eigenvalue weighted by molar-refractivity contribution is 7.98. The van der Waals surface area contributed by atoms with Crippen molar-refractivity contribution in [1.29, 1.82) is 0 Å². The normalized spacial score (nSPS) is 12.5. The Balaban J connectivity index is 2.69. The van der Waals surface area contributed by atoms with Crippen molar-refractivity contribution >= 4 is 23.1 Å². The van der Waals surface area contributed by atoms with Crippen molar-refractivity contribution in [2.45, 2.75) is 19.4 Å². The molecule has 2 nitrogen and oxygen atoms in total. The van der Waals surface area contributed by atoms with Gasteiger partial charge in [-0.15, -0.1) is 0 Å². The Bertz CT molecular complexity index is 297. The first-order valence-corrected chi connectivity index (χ1v) is 6.36. The van der Waals surface area contributed by atoms with Crippen molar-refractivity contribution in [2.24, 2.45) is 0 Å². The Kier molecular flexibility index (Phi) is 4.75. The van der Waals surface area contributed by atoms with Gasteiger partial charge in [0.25, 0.3) is 0 Å². The number of anilines is 2. The van der Waals surface area contributed by atoms with E-state index < -0.39 is 0 Å². The summed E-state index contributed by atoms with van der Waals surface area (Å²) < 4.78 is 13.0. The van der Waals surface area contributed by atoms with E-state index in [2.05, 4.69) is 18.5 Å². The lowest BCUT2D eigenvalue weighted by Crippen LogP contribution is -2.21. The minimum Gasteiger partial charge on any atom is -0.399 e. The molecular weight excluding hydrogens is 211 g/mol. The molecule has 1 aromatic carbocycles. The maximum atomic E-state index is 13.0. The van der Waals surface area contributed by atoms with Gasteiger partial charge in [0.05, 0.1) is 0 Å². The number of nitrogen functional groups attached to an aromatic ring is 1. The van der Waals surface area contributed by atoms with Crippen LogP contribution in [0.2, 0.25) is 0 Å². The summed E-state index contributed by atoms with van der Waals surface area (Å²) in [5, 5.41) is 3.27. The van der Waals surface area contributed by atoms with Gasteiger partial charge in [-0.25, -0.2) is 4.39 Å². The standard InChI is InChI=1S/C11H17FN2S/c1-3-10(7-15-2)14-11-5-8(12)4-9(13)6-11/h4-6,10,14H,3,7,13H2,1-2H3. The van der Waals surface area contributed by atoms with Crippen molar-refractivity contribution in [3.63, 3.8) is 0 Å². The van der Waals surface area contributed by atoms with E-state index in [9.17, 15) is 4.39 Å². The number of nitrogens with one attached hydrogen (secondary N) is 1. The Hall–Kier alpha value is -0.900. The summed E-state index contributed by atoms with van der Waals surface area (Å²) in [5.41, 5.74) is 6.78. The van der Waals surface area contributed by atoms with Crippen LogP contribution in [0.4, 0.5) is 15.8 Å². The molecule has 0 spiro atoms. The summed E-state index contributed by atoms with van der Waals surface area (Å²) in [6, 6.07) is 4.91. The SMILES string of the molecule is CCC(CSC)Nc1cc(N)cc(F)c1. The zero-order valence-electron chi connectivity index (χ0n) is 9.09. The molecule has 0 aliphatic heterocycles. The fourth-order valence-electron chi connectivity index (χ4n) is 1.39. The third kappa shape index (κ3) is 4.00. The Morgan fingerprint density at radius 3 is 2.73 bits per heavy atom. The summed E-state index contributed by atoms with van der Waals surface area (Å²) in [6.07, 6.45) is 3.07. The highest BCUT2D eigenvalue weighted by Gasteiger charge is 2.06. The highest BCUT2D eigenvalue weighted by Crippen LogP contribution is 2.17. The van der Waals surface area contributed by atoms with Crippen LogP contribution in [0.5, 0.6) is 0 Å². The van der Waals surface area contributed by atoms with E-state index in [1.54, 1.807) is 17.8 Å². The highest BCUT2D eigenvalue weighted by atomic mass is 32.2. The van der Waals surface area contributed by atoms with Crippen molar-refractivity contribution in [3.8, 4) is 0 Å². The molecule has 1 atom stereocenters. The summed E-state index contributed by atoms with van der Waals surface area (Å²) in [5.74, 6) is 0.712. The van der Waals surface area contributed by atoms with Gasteiger partial charge in [-0.2, -0.15) is 11.8 Å². The second-order valence-electron chi connectivity index (χ2n) is 3.48. The molecular formula is C11H17FN2S. The number of hydrogen-bond acceptors (Lipinski definition) is 3. The van der Waals surface area contributed by atoms with Crippen LogP contribution in [0.15, 0.2) is 18.2 Å². The zero-order valence-corrected chi connectivity index (χ0v) is 9.90. The van der Waals surface area contributed by atoms with Crippen LogP contribution in [0, 0.1) is 5.82 Å². The molecule has 0 saturated heterocycles. The topological polar surface area (TPSA) is 38.0 Å². The van der Waals surface area contributed by atoms with Crippen LogP contribution >= 0.6 is 11.8 Å². The van der Waals surface area contributed by atoms with Crippen molar-refractivity contribution in [2.75, 3.05) is 23.1 Å². The molecule has 0 aliphatic rings. The molecule has 3 N–H and O–H groups in total. The van der Waals surface area contributed by atoms with Gasteiger partial charge in [0.2, 0.25) is 0 Å². The number of nitrogens with two attached hydrogens (primary N) is 1. The minimum atomic E-state index is -0.295. The molecule has 0 saturated carbocycles. The minimum absolute atomic E-state index is 0.295. The quantitative estimate of drug-likeness (QED) is 0.761. The van der Waals surface area contributed by atoms with E-state index in [0.29, 0.717) is 11.7 Å². The number of hydrogen-bond donors (Lipinski definition) is 2. The maximum absolute atomic E-state index is 13.0. The smallest absolute Gasteiger partial charge is 0.127 e. The molecule has 0 aliphatic carbocycles. The van der Waals surface area contributed by atoms with Crippen molar-refractivity contribution in [3.05, 3.63) is 24.0 Å². The molecule has 0 aromatic heterocycles. The zero-order chi connectivity index (χ0) is 11.3. The summed E-state index contributed by atoms with van der Waals surface area (Å²) in [7, 11) is 0. The van der Waals surface area contributed by atoms with Crippen LogP contribution in [0.1, 0.15) is 13.3 Å². The van der Waals surface area contributed by atoms with E-state index in [4.69, 9.17) is 5.73 Å². The van der Waals surface area contributed by atoms with Crippen molar-refractivity contribution in [1.82, 2.24) is 0 Å². The Morgan fingerprint density at radius 2 is 2.20 bits per heavy atom. The van der Waals surface area contributed by atoms with E-state index in [1.807, 2.05) is 0 Å². The van der Waals surface area contributed by atoms with Crippen LogP contribution in [0.25, 0.3) is 0 Å². The maximum Gasteiger partial charge on any atom is 0.127 e. The van der Waals surface area contributed by atoms with Gasteiger partial charge < -0.3 is 11.1 Å². The fraction of sp³-hybridized carbons (Fsp3) is 0.455. The molecule has 1 aromatic rings. The largest absolute Gasteiger partial charge is 0.399 e. The lowest BCUT2D eigenvalue weighted by Gasteiger charge is -2.17. The molecule has 1 rings (SSSR count). The lowest BCUT2D eigenvalue weighted by molar-refractivity contribution is 0.628. The fourth-order valence-corrected chi connectivity index (χ4v) is 2.12. The van der Waals surface area contributed by atoms with Gasteiger partial charge in [0.1, 0.15) is 5.82 Å². The predicted molar refractivity (Wildman–Crippen MR) is 66.9 cm³/mol. The van der Waals surface area contributed by atoms with E-state index >= 15 is 0 Å². The van der Waals surface area contributed by atoms with Gasteiger partial charge in [0.15, 0.2) is 0 Å². The van der Waals surface area contributed by atoms with Gasteiger partial charge >= 0.3 is 0 Å². The van der Waals surface area contributed by atoms with E-state index in [0.717, 1.165) is 17.9 Å². The first kappa shape index (κ1) is 12.2. The number of thioether (sulfide) groups is 1. The third-order valence-electron chi connectivity index (χ3n) is 2.15. The first-order valence-electron chi connectivity index (χ1n) is 4.97. The second-order valence-corrected chi connectivity index (χ2v) is 4.39. The summed E-state index contributed by atoms with van der Waals surface area (Å²) >= 11 is 1.77. The molecule has 0 bridgehead atoms. The van der Waals surface area contributed by atoms with Gasteiger partial charge in [-0.1, -0.05) is 6.92 Å². The third-order valence-corrected chi connectivity index (χ3v) is 2.89. The monoisotopic (exact) mass is 228 g/mol. The van der Waals surface area contributed by atoms with Crippen LogP contribution in [0.3, 0.4) is 0 Å². The van der Waals surface area contributed by atoms with Crippen LogP contribution in [-0.4, -0.2) is 18.1 Å². The summed E-state index contributed by atoms with van der Waals surface area (Å²) in [4.78, 5) is 0. The lowest BCUT2D eigenvalue weighted by atomic mass is 10.2.